The number of nitrogens with zero attached hydrogens (tertiary/aromatic N) is 2. The molecule has 1 N–H and O–H groups in total. The van der Waals surface area contributed by atoms with Crippen molar-refractivity contribution in [3.05, 3.63) is 48.0 Å². The van der Waals surface area contributed by atoms with Crippen LogP contribution in [0.3, 0.4) is 0 Å². The van der Waals surface area contributed by atoms with Crippen LogP contribution in [0, 0.1) is 5.92 Å². The monoisotopic (exact) mass is 314 g/mol. The number of rotatable bonds is 5. The van der Waals surface area contributed by atoms with Crippen LogP contribution in [0.5, 0.6) is 0 Å². The molecule has 4 nitrogen and oxygen atoms in total. The Morgan fingerprint density at radius 1 is 1.17 bits per heavy atom. The zero-order valence-corrected chi connectivity index (χ0v) is 13.6. The van der Waals surface area contributed by atoms with Crippen molar-refractivity contribution in [2.45, 2.75) is 25.4 Å². The molecule has 124 valence electrons. The maximum atomic E-state index is 12.3. The smallest absolute Gasteiger partial charge is 0.223 e. The number of aliphatic hydroxyl groups excluding tert-OH is 1. The van der Waals surface area contributed by atoms with Crippen molar-refractivity contribution in [1.29, 1.82) is 0 Å². The number of piperazine rings is 1. The van der Waals surface area contributed by atoms with E-state index in [0.29, 0.717) is 18.9 Å². The second-order valence-corrected chi connectivity index (χ2v) is 6.58. The maximum Gasteiger partial charge on any atom is 0.223 e. The molecule has 1 fully saturated rings. The lowest BCUT2D eigenvalue weighted by Crippen LogP contribution is -2.49. The van der Waals surface area contributed by atoms with Crippen LogP contribution in [-0.2, 0) is 4.79 Å². The summed E-state index contributed by atoms with van der Waals surface area (Å²) < 4.78 is 0. The highest BCUT2D eigenvalue weighted by atomic mass is 16.3. The number of hydrogen-bond donors (Lipinski definition) is 1. The third-order valence-electron chi connectivity index (χ3n) is 4.89. The van der Waals surface area contributed by atoms with Crippen molar-refractivity contribution in [2.24, 2.45) is 5.92 Å². The number of allylic oxidation sites excluding steroid dienone is 2. The Balaban J connectivity index is 1.43. The van der Waals surface area contributed by atoms with E-state index in [2.05, 4.69) is 17.1 Å². The second kappa shape index (κ2) is 7.75. The summed E-state index contributed by atoms with van der Waals surface area (Å²) in [6.07, 6.45) is 6.80. The molecule has 2 unspecified atom stereocenters. The van der Waals surface area contributed by atoms with E-state index in [1.807, 2.05) is 35.2 Å². The first-order chi connectivity index (χ1) is 11.2. The number of β-amino-alcohol motifs (C(OH)–C–C–N with tert-alkyl or cyclic N) is 1. The Morgan fingerprint density at radius 3 is 2.57 bits per heavy atom. The van der Waals surface area contributed by atoms with E-state index in [1.54, 1.807) is 0 Å². The predicted molar refractivity (Wildman–Crippen MR) is 90.9 cm³/mol. The third-order valence-corrected chi connectivity index (χ3v) is 4.89. The maximum absolute atomic E-state index is 12.3. The third kappa shape index (κ3) is 4.43. The molecule has 2 aliphatic rings. The SMILES string of the molecule is O=C(CC1C=CCC1)N1CCN(CC(O)c2ccccc2)CC1. The zero-order chi connectivity index (χ0) is 16.1. The van der Waals surface area contributed by atoms with Gasteiger partial charge in [-0.15, -0.1) is 0 Å². The molecular formula is C19H26N2O2. The fraction of sp³-hybridized carbons (Fsp3) is 0.526. The summed E-state index contributed by atoms with van der Waals surface area (Å²) in [6.45, 7) is 3.87. The lowest BCUT2D eigenvalue weighted by atomic mass is 10.0. The average molecular weight is 314 g/mol. The summed E-state index contributed by atoms with van der Waals surface area (Å²) in [5.41, 5.74) is 0.957. The van der Waals surface area contributed by atoms with Gasteiger partial charge in [-0.25, -0.2) is 0 Å². The topological polar surface area (TPSA) is 43.8 Å². The van der Waals surface area contributed by atoms with Gasteiger partial charge in [-0.2, -0.15) is 0 Å². The Kier molecular flexibility index (Phi) is 5.47. The summed E-state index contributed by atoms with van der Waals surface area (Å²) in [5, 5.41) is 10.3. The average Bonchev–Trinajstić information content (AvgIpc) is 3.09. The fourth-order valence-corrected chi connectivity index (χ4v) is 3.42. The minimum Gasteiger partial charge on any atom is -0.387 e. The summed E-state index contributed by atoms with van der Waals surface area (Å²) in [4.78, 5) is 16.6. The van der Waals surface area contributed by atoms with E-state index >= 15 is 0 Å². The number of benzene rings is 1. The van der Waals surface area contributed by atoms with Crippen LogP contribution in [-0.4, -0.2) is 53.5 Å². The molecule has 0 spiro atoms. The van der Waals surface area contributed by atoms with Crippen molar-refractivity contribution < 1.29 is 9.90 Å². The van der Waals surface area contributed by atoms with Crippen molar-refractivity contribution in [3.63, 3.8) is 0 Å². The fourth-order valence-electron chi connectivity index (χ4n) is 3.42. The molecule has 23 heavy (non-hydrogen) atoms. The molecule has 2 atom stereocenters. The Hall–Kier alpha value is -1.65. The Labute approximate surface area is 138 Å². The van der Waals surface area contributed by atoms with Crippen LogP contribution in [0.4, 0.5) is 0 Å². The molecule has 0 bridgehead atoms. The largest absolute Gasteiger partial charge is 0.387 e. The van der Waals surface area contributed by atoms with E-state index in [9.17, 15) is 9.90 Å². The molecule has 3 rings (SSSR count). The van der Waals surface area contributed by atoms with Gasteiger partial charge in [0.1, 0.15) is 0 Å². The molecule has 0 radical (unpaired) electrons. The van der Waals surface area contributed by atoms with Crippen LogP contribution < -0.4 is 0 Å². The zero-order valence-electron chi connectivity index (χ0n) is 13.6. The summed E-state index contributed by atoms with van der Waals surface area (Å²) in [6, 6.07) is 9.78. The molecule has 0 saturated carbocycles. The molecule has 1 heterocycles. The van der Waals surface area contributed by atoms with Gasteiger partial charge < -0.3 is 10.0 Å². The number of aliphatic hydroxyl groups is 1. The Morgan fingerprint density at radius 2 is 1.91 bits per heavy atom. The van der Waals surface area contributed by atoms with Gasteiger partial charge in [-0.05, 0) is 24.3 Å². The van der Waals surface area contributed by atoms with E-state index < -0.39 is 6.10 Å². The minimum absolute atomic E-state index is 0.282. The van der Waals surface area contributed by atoms with Crippen LogP contribution >= 0.6 is 0 Å². The quantitative estimate of drug-likeness (QED) is 0.848. The number of carbonyl (C=O) groups excluding carboxylic acids is 1. The van der Waals surface area contributed by atoms with Crippen molar-refractivity contribution in [1.82, 2.24) is 9.80 Å². The molecule has 1 aliphatic heterocycles. The molecular weight excluding hydrogens is 288 g/mol. The van der Waals surface area contributed by atoms with Crippen LogP contribution in [0.15, 0.2) is 42.5 Å². The molecule has 4 heteroatoms. The number of carbonyl (C=O) groups is 1. The van der Waals surface area contributed by atoms with Crippen molar-refractivity contribution in [3.8, 4) is 0 Å². The highest BCUT2D eigenvalue weighted by Crippen LogP contribution is 2.22. The van der Waals surface area contributed by atoms with Crippen LogP contribution in [0.1, 0.15) is 30.9 Å². The van der Waals surface area contributed by atoms with Crippen LogP contribution in [0.25, 0.3) is 0 Å². The van der Waals surface area contributed by atoms with E-state index in [-0.39, 0.29) is 5.91 Å². The van der Waals surface area contributed by atoms with Gasteiger partial charge in [0.15, 0.2) is 0 Å². The summed E-state index contributed by atoms with van der Waals surface area (Å²) >= 11 is 0. The molecule has 0 aromatic heterocycles. The van der Waals surface area contributed by atoms with Gasteiger partial charge in [-0.3, -0.25) is 9.69 Å². The van der Waals surface area contributed by atoms with Crippen molar-refractivity contribution in [2.75, 3.05) is 32.7 Å². The lowest BCUT2D eigenvalue weighted by Gasteiger charge is -2.36. The van der Waals surface area contributed by atoms with Crippen molar-refractivity contribution >= 4 is 5.91 Å². The van der Waals surface area contributed by atoms with E-state index in [1.165, 1.54) is 0 Å². The molecule has 1 amide bonds. The van der Waals surface area contributed by atoms with Gasteiger partial charge in [0.2, 0.25) is 5.91 Å². The van der Waals surface area contributed by atoms with Gasteiger partial charge in [0.05, 0.1) is 6.10 Å². The summed E-state index contributed by atoms with van der Waals surface area (Å²) in [5.74, 6) is 0.727. The van der Waals surface area contributed by atoms with Gasteiger partial charge >= 0.3 is 0 Å². The normalized spacial score (nSPS) is 23.2. The van der Waals surface area contributed by atoms with Crippen LogP contribution in [0.2, 0.25) is 0 Å². The van der Waals surface area contributed by atoms with Gasteiger partial charge in [-0.1, -0.05) is 42.5 Å². The first-order valence-corrected chi connectivity index (χ1v) is 8.62. The van der Waals surface area contributed by atoms with E-state index in [4.69, 9.17) is 0 Å². The molecule has 1 aliphatic carbocycles. The highest BCUT2D eigenvalue weighted by Gasteiger charge is 2.24. The standard InChI is InChI=1S/C19H26N2O2/c22-18(17-8-2-1-3-9-17)15-20-10-12-21(13-11-20)19(23)14-16-6-4-5-7-16/h1-4,6,8-9,16,18,22H,5,7,10-15H2. The summed E-state index contributed by atoms with van der Waals surface area (Å²) in [7, 11) is 0. The Bertz CT molecular complexity index is 536. The van der Waals surface area contributed by atoms with E-state index in [0.717, 1.165) is 44.6 Å². The second-order valence-electron chi connectivity index (χ2n) is 6.58. The predicted octanol–water partition coefficient (Wildman–Crippen LogP) is 2.22. The molecule has 1 saturated heterocycles. The first-order valence-electron chi connectivity index (χ1n) is 8.62. The number of hydrogen-bond acceptors (Lipinski definition) is 3. The van der Waals surface area contributed by atoms with Gasteiger partial charge in [0.25, 0.3) is 0 Å². The minimum atomic E-state index is -0.456. The molecule has 1 aromatic rings. The first kappa shape index (κ1) is 16.2. The molecule has 1 aromatic carbocycles. The number of amides is 1. The van der Waals surface area contributed by atoms with Gasteiger partial charge in [0, 0.05) is 39.1 Å². The highest BCUT2D eigenvalue weighted by molar-refractivity contribution is 5.76. The lowest BCUT2D eigenvalue weighted by molar-refractivity contribution is -0.133.